The number of benzene rings is 1. The van der Waals surface area contributed by atoms with Gasteiger partial charge in [-0.2, -0.15) is 0 Å². The summed E-state index contributed by atoms with van der Waals surface area (Å²) >= 11 is 0. The number of aliphatic hydroxyl groups is 1. The minimum Gasteiger partial charge on any atom is -0.486 e. The van der Waals surface area contributed by atoms with Crippen LogP contribution in [0, 0.1) is 5.92 Å². The molecule has 5 rings (SSSR count). The molecule has 1 N–H and O–H groups in total. The van der Waals surface area contributed by atoms with Crippen molar-refractivity contribution in [1.29, 1.82) is 0 Å². The third-order valence-corrected chi connectivity index (χ3v) is 6.78. The van der Waals surface area contributed by atoms with Gasteiger partial charge in [0.25, 0.3) is 0 Å². The number of ether oxygens (including phenoxy) is 2. The summed E-state index contributed by atoms with van der Waals surface area (Å²) in [5.74, 6) is 1.70. The molecule has 126 valence electrons. The smallest absolute Gasteiger partial charge is 0.174 e. The van der Waals surface area contributed by atoms with Crippen LogP contribution in [0.1, 0.15) is 43.2 Å². The van der Waals surface area contributed by atoms with Gasteiger partial charge in [0.2, 0.25) is 0 Å². The van der Waals surface area contributed by atoms with Gasteiger partial charge in [-0.1, -0.05) is 25.1 Å². The van der Waals surface area contributed by atoms with Crippen molar-refractivity contribution < 1.29 is 19.4 Å². The van der Waals surface area contributed by atoms with Crippen molar-refractivity contribution in [1.82, 2.24) is 0 Å². The summed E-state index contributed by atoms with van der Waals surface area (Å²) in [7, 11) is 0. The Morgan fingerprint density at radius 2 is 2.29 bits per heavy atom. The predicted octanol–water partition coefficient (Wildman–Crippen LogP) is 2.70. The highest BCUT2D eigenvalue weighted by Gasteiger charge is 2.71. The molecule has 2 fully saturated rings. The molecule has 1 heterocycles. The molecule has 2 bridgehead atoms. The normalized spacial score (nSPS) is 38.3. The Balaban J connectivity index is 1.77. The fraction of sp³-hybridized carbons (Fsp3) is 0.550. The van der Waals surface area contributed by atoms with Gasteiger partial charge in [0.1, 0.15) is 6.61 Å². The predicted molar refractivity (Wildman–Crippen MR) is 88.5 cm³/mol. The lowest BCUT2D eigenvalue weighted by atomic mass is 9.46. The number of rotatable bonds is 3. The van der Waals surface area contributed by atoms with Crippen LogP contribution in [0.2, 0.25) is 0 Å². The largest absolute Gasteiger partial charge is 0.486 e. The van der Waals surface area contributed by atoms with Gasteiger partial charge < -0.3 is 14.6 Å². The maximum Gasteiger partial charge on any atom is 0.174 e. The van der Waals surface area contributed by atoms with Crippen LogP contribution in [0.15, 0.2) is 24.8 Å². The van der Waals surface area contributed by atoms with Gasteiger partial charge in [-0.15, -0.1) is 0 Å². The number of Topliss-reactive ketones (excluding diaryl/α,β-unsaturated/α-hetero) is 1. The molecule has 3 aliphatic carbocycles. The molecule has 1 aromatic carbocycles. The fourth-order valence-corrected chi connectivity index (χ4v) is 5.89. The van der Waals surface area contributed by atoms with Crippen LogP contribution in [0.25, 0.3) is 0 Å². The molecular weight excluding hydrogens is 304 g/mol. The van der Waals surface area contributed by atoms with E-state index in [1.165, 1.54) is 5.56 Å². The highest BCUT2D eigenvalue weighted by atomic mass is 16.5. The summed E-state index contributed by atoms with van der Waals surface area (Å²) in [5, 5.41) is 11.7. The van der Waals surface area contributed by atoms with E-state index in [1.54, 1.807) is 6.08 Å². The molecule has 4 atom stereocenters. The maximum atomic E-state index is 12.7. The second-order valence-corrected chi connectivity index (χ2v) is 7.68. The first-order valence-electron chi connectivity index (χ1n) is 8.93. The molecule has 1 aliphatic heterocycles. The molecule has 4 heteroatoms. The van der Waals surface area contributed by atoms with Crippen LogP contribution in [0.3, 0.4) is 0 Å². The zero-order valence-corrected chi connectivity index (χ0v) is 13.7. The summed E-state index contributed by atoms with van der Waals surface area (Å²) in [6, 6.07) is 4.04. The summed E-state index contributed by atoms with van der Waals surface area (Å²) in [4.78, 5) is 12.7. The Bertz CT molecular complexity index is 754. The highest BCUT2D eigenvalue weighted by molar-refractivity contribution is 5.89. The summed E-state index contributed by atoms with van der Waals surface area (Å²) in [6.45, 7) is 4.09. The van der Waals surface area contributed by atoms with Crippen LogP contribution in [0.4, 0.5) is 0 Å². The van der Waals surface area contributed by atoms with Gasteiger partial charge in [0.05, 0.1) is 11.0 Å². The van der Waals surface area contributed by atoms with E-state index in [0.29, 0.717) is 30.9 Å². The van der Waals surface area contributed by atoms with Crippen molar-refractivity contribution in [2.45, 2.75) is 55.6 Å². The quantitative estimate of drug-likeness (QED) is 0.868. The molecular formula is C20H22O4. The van der Waals surface area contributed by atoms with Gasteiger partial charge in [-0.3, -0.25) is 4.79 Å². The lowest BCUT2D eigenvalue weighted by Gasteiger charge is -2.59. The Labute approximate surface area is 141 Å². The maximum absolute atomic E-state index is 12.7. The molecule has 4 aliphatic rings. The number of ketones is 1. The summed E-state index contributed by atoms with van der Waals surface area (Å²) < 4.78 is 12.0. The van der Waals surface area contributed by atoms with Crippen molar-refractivity contribution in [2.24, 2.45) is 5.92 Å². The fourth-order valence-electron chi connectivity index (χ4n) is 5.89. The molecule has 1 spiro atoms. The molecule has 0 amide bonds. The second kappa shape index (κ2) is 4.63. The minimum atomic E-state index is -0.820. The van der Waals surface area contributed by atoms with Gasteiger partial charge in [0, 0.05) is 12.0 Å². The van der Waals surface area contributed by atoms with E-state index in [-0.39, 0.29) is 11.7 Å². The monoisotopic (exact) mass is 326 g/mol. The van der Waals surface area contributed by atoms with E-state index in [0.717, 1.165) is 31.2 Å². The van der Waals surface area contributed by atoms with Crippen LogP contribution in [-0.4, -0.2) is 29.2 Å². The second-order valence-electron chi connectivity index (χ2n) is 7.68. The third kappa shape index (κ3) is 1.47. The Morgan fingerprint density at radius 3 is 3.12 bits per heavy atom. The number of carbonyl (C=O) groups is 1. The first-order chi connectivity index (χ1) is 11.6. The average molecular weight is 326 g/mol. The highest BCUT2D eigenvalue weighted by Crippen LogP contribution is 2.66. The minimum absolute atomic E-state index is 0.124. The Hall–Kier alpha value is -1.81. The first kappa shape index (κ1) is 14.5. The molecule has 0 unspecified atom stereocenters. The Morgan fingerprint density at radius 1 is 1.42 bits per heavy atom. The van der Waals surface area contributed by atoms with Crippen molar-refractivity contribution in [3.05, 3.63) is 35.9 Å². The zero-order valence-electron chi connectivity index (χ0n) is 13.7. The van der Waals surface area contributed by atoms with Crippen molar-refractivity contribution in [3.8, 4) is 11.5 Å². The average Bonchev–Trinajstić information content (AvgIpc) is 2.91. The van der Waals surface area contributed by atoms with Crippen molar-refractivity contribution in [2.75, 3.05) is 6.61 Å². The van der Waals surface area contributed by atoms with Gasteiger partial charge in [0.15, 0.2) is 23.4 Å². The van der Waals surface area contributed by atoms with E-state index in [1.807, 2.05) is 6.07 Å². The van der Waals surface area contributed by atoms with Crippen LogP contribution < -0.4 is 9.47 Å². The Kier molecular flexibility index (Phi) is 2.80. The zero-order chi connectivity index (χ0) is 16.5. The first-order valence-corrected chi connectivity index (χ1v) is 8.93. The van der Waals surface area contributed by atoms with Gasteiger partial charge >= 0.3 is 0 Å². The lowest BCUT2D eigenvalue weighted by Crippen LogP contribution is -2.69. The SMILES string of the molecule is C=CCOc1ccc2c3c1O[C@H]1C(=O)CC[C@@]4(O)[C@H](CCC[C@]314)C2. The molecule has 0 aromatic heterocycles. The van der Waals surface area contributed by atoms with Crippen LogP contribution in [0.5, 0.6) is 11.5 Å². The third-order valence-electron chi connectivity index (χ3n) is 6.78. The molecule has 2 saturated carbocycles. The molecule has 24 heavy (non-hydrogen) atoms. The van der Waals surface area contributed by atoms with E-state index < -0.39 is 17.1 Å². The number of hydrogen-bond donors (Lipinski definition) is 1. The molecule has 1 aromatic rings. The van der Waals surface area contributed by atoms with E-state index >= 15 is 0 Å². The van der Waals surface area contributed by atoms with Gasteiger partial charge in [-0.05, 0) is 43.2 Å². The van der Waals surface area contributed by atoms with E-state index in [4.69, 9.17) is 9.47 Å². The summed E-state index contributed by atoms with van der Waals surface area (Å²) in [6.07, 6.45) is 5.87. The molecule has 0 radical (unpaired) electrons. The molecule has 0 saturated heterocycles. The van der Waals surface area contributed by atoms with Crippen molar-refractivity contribution >= 4 is 5.78 Å². The standard InChI is InChI=1S/C20H22O4/c1-2-10-23-15-6-5-12-11-13-4-3-8-19-16(12)17(15)24-18(19)14(21)7-9-20(13,19)22/h2,5-6,13,18,22H,1,3-4,7-11H2/t13-,18+,19+,20-/m1/s1. The van der Waals surface area contributed by atoms with Crippen LogP contribution >= 0.6 is 0 Å². The van der Waals surface area contributed by atoms with Crippen molar-refractivity contribution in [3.63, 3.8) is 0 Å². The lowest BCUT2D eigenvalue weighted by molar-refractivity contribution is -0.177. The van der Waals surface area contributed by atoms with Crippen LogP contribution in [-0.2, 0) is 16.6 Å². The number of hydrogen-bond acceptors (Lipinski definition) is 4. The number of carbonyl (C=O) groups excluding carboxylic acids is 1. The molecule has 4 nitrogen and oxygen atoms in total. The summed E-state index contributed by atoms with van der Waals surface area (Å²) in [5.41, 5.74) is 0.893. The van der Waals surface area contributed by atoms with Gasteiger partial charge in [-0.25, -0.2) is 0 Å². The topological polar surface area (TPSA) is 55.8 Å². The van der Waals surface area contributed by atoms with E-state index in [9.17, 15) is 9.90 Å². The van der Waals surface area contributed by atoms with E-state index in [2.05, 4.69) is 12.6 Å².